The molecule has 2 N–H and O–H groups in total. The zero-order chi connectivity index (χ0) is 19.3. The number of carbonyl (C=O) groups is 1. The van der Waals surface area contributed by atoms with Crippen LogP contribution < -0.4 is 5.32 Å². The number of H-pyrrole nitrogens is 1. The highest BCUT2D eigenvalue weighted by molar-refractivity contribution is 7.98. The molecule has 0 atom stereocenters. The van der Waals surface area contributed by atoms with Crippen LogP contribution in [0, 0.1) is 6.92 Å². The summed E-state index contributed by atoms with van der Waals surface area (Å²) >= 11 is 1.36. The van der Waals surface area contributed by atoms with Crippen molar-refractivity contribution >= 4 is 23.5 Å². The van der Waals surface area contributed by atoms with Gasteiger partial charge in [-0.15, -0.1) is 5.10 Å². The van der Waals surface area contributed by atoms with Gasteiger partial charge >= 0.3 is 0 Å². The molecule has 0 radical (unpaired) electrons. The molecule has 144 valence electrons. The van der Waals surface area contributed by atoms with Crippen LogP contribution in [0.25, 0.3) is 11.6 Å². The molecular formula is C16H15N7O4S. The van der Waals surface area contributed by atoms with Crippen LogP contribution in [0.1, 0.15) is 23.9 Å². The van der Waals surface area contributed by atoms with Gasteiger partial charge in [0.1, 0.15) is 5.76 Å². The lowest BCUT2D eigenvalue weighted by Crippen LogP contribution is -2.12. The van der Waals surface area contributed by atoms with E-state index in [9.17, 15) is 4.79 Å². The standard InChI is InChI=1S/C16H15N7O4S/c1-9-7-11(22-26-9)17-13(24)4-5-14-18-12(23-27-14)8-28-16-19-15(20-21-16)10-3-2-6-25-10/h2-3,6-7H,4-5,8H2,1H3,(H,17,22,24)(H,19,20,21). The maximum absolute atomic E-state index is 11.9. The summed E-state index contributed by atoms with van der Waals surface area (Å²) in [6.45, 7) is 1.75. The lowest BCUT2D eigenvalue weighted by Gasteiger charge is -1.98. The number of nitrogens with one attached hydrogen (secondary N) is 2. The summed E-state index contributed by atoms with van der Waals surface area (Å²) in [4.78, 5) is 20.5. The monoisotopic (exact) mass is 401 g/mol. The normalized spacial score (nSPS) is 11.0. The maximum Gasteiger partial charge on any atom is 0.227 e. The number of rotatable bonds is 8. The molecule has 0 aliphatic heterocycles. The van der Waals surface area contributed by atoms with E-state index in [-0.39, 0.29) is 12.3 Å². The second-order valence-corrected chi connectivity index (χ2v) is 6.65. The van der Waals surface area contributed by atoms with Gasteiger partial charge in [-0.1, -0.05) is 22.1 Å². The Kier molecular flexibility index (Phi) is 5.19. The lowest BCUT2D eigenvalue weighted by molar-refractivity contribution is -0.116. The van der Waals surface area contributed by atoms with Crippen LogP contribution in [0.2, 0.25) is 0 Å². The molecule has 0 aromatic carbocycles. The topological polar surface area (TPSA) is 149 Å². The fourth-order valence-electron chi connectivity index (χ4n) is 2.26. The molecule has 0 unspecified atom stereocenters. The minimum absolute atomic E-state index is 0.189. The first-order chi connectivity index (χ1) is 13.7. The number of nitrogens with zero attached hydrogens (tertiary/aromatic N) is 5. The van der Waals surface area contributed by atoms with E-state index in [1.54, 1.807) is 31.4 Å². The highest BCUT2D eigenvalue weighted by atomic mass is 32.2. The molecule has 4 rings (SSSR count). The van der Waals surface area contributed by atoms with Crippen molar-refractivity contribution in [3.8, 4) is 11.6 Å². The quantitative estimate of drug-likeness (QED) is 0.422. The van der Waals surface area contributed by atoms with E-state index in [2.05, 4.69) is 35.8 Å². The number of amides is 1. The number of hydrogen-bond donors (Lipinski definition) is 2. The van der Waals surface area contributed by atoms with E-state index < -0.39 is 0 Å². The Morgan fingerprint density at radius 1 is 1.29 bits per heavy atom. The third-order valence-electron chi connectivity index (χ3n) is 3.52. The largest absolute Gasteiger partial charge is 0.461 e. The summed E-state index contributed by atoms with van der Waals surface area (Å²) in [6, 6.07) is 5.21. The molecule has 0 spiro atoms. The first kappa shape index (κ1) is 18.0. The van der Waals surface area contributed by atoms with Gasteiger partial charge in [-0.25, -0.2) is 0 Å². The molecule has 0 aliphatic carbocycles. The number of hydrogen-bond acceptors (Lipinski definition) is 10. The summed E-state index contributed by atoms with van der Waals surface area (Å²) in [5, 5.41) is 17.7. The number of anilines is 1. The highest BCUT2D eigenvalue weighted by Gasteiger charge is 2.13. The summed E-state index contributed by atoms with van der Waals surface area (Å²) < 4.78 is 15.3. The van der Waals surface area contributed by atoms with Gasteiger partial charge in [-0.05, 0) is 19.1 Å². The summed E-state index contributed by atoms with van der Waals surface area (Å²) in [5.41, 5.74) is 0. The number of furan rings is 1. The van der Waals surface area contributed by atoms with E-state index in [0.29, 0.717) is 52.2 Å². The molecule has 0 saturated carbocycles. The molecule has 11 nitrogen and oxygen atoms in total. The molecule has 4 aromatic rings. The Morgan fingerprint density at radius 2 is 2.21 bits per heavy atom. The molecule has 1 amide bonds. The van der Waals surface area contributed by atoms with Crippen LogP contribution in [0.3, 0.4) is 0 Å². The fourth-order valence-corrected chi connectivity index (χ4v) is 2.91. The van der Waals surface area contributed by atoms with E-state index in [1.165, 1.54) is 11.8 Å². The maximum atomic E-state index is 11.9. The molecule has 4 heterocycles. The average Bonchev–Trinajstić information content (AvgIpc) is 3.45. The van der Waals surface area contributed by atoms with Crippen molar-refractivity contribution in [2.75, 3.05) is 5.32 Å². The van der Waals surface area contributed by atoms with Crippen molar-refractivity contribution in [1.82, 2.24) is 30.5 Å². The van der Waals surface area contributed by atoms with E-state index in [4.69, 9.17) is 13.5 Å². The first-order valence-electron chi connectivity index (χ1n) is 8.29. The molecule has 0 aliphatic rings. The van der Waals surface area contributed by atoms with E-state index in [1.807, 2.05) is 0 Å². The third-order valence-corrected chi connectivity index (χ3v) is 4.36. The molecule has 4 aromatic heterocycles. The van der Waals surface area contributed by atoms with Gasteiger partial charge in [-0.2, -0.15) is 9.97 Å². The second-order valence-electron chi connectivity index (χ2n) is 5.71. The smallest absolute Gasteiger partial charge is 0.227 e. The first-order valence-corrected chi connectivity index (χ1v) is 9.28. The van der Waals surface area contributed by atoms with Crippen LogP contribution in [0.5, 0.6) is 0 Å². The predicted molar refractivity (Wildman–Crippen MR) is 96.1 cm³/mol. The Hall–Kier alpha value is -3.41. The number of aromatic nitrogens is 6. The van der Waals surface area contributed by atoms with E-state index in [0.717, 1.165) is 0 Å². The van der Waals surface area contributed by atoms with Crippen LogP contribution in [0.4, 0.5) is 5.82 Å². The number of aromatic amines is 1. The van der Waals surface area contributed by atoms with Gasteiger partial charge in [-0.3, -0.25) is 9.89 Å². The second kappa shape index (κ2) is 8.08. The van der Waals surface area contributed by atoms with Gasteiger partial charge in [0.2, 0.25) is 17.0 Å². The van der Waals surface area contributed by atoms with Crippen molar-refractivity contribution in [2.45, 2.75) is 30.7 Å². The molecule has 0 bridgehead atoms. The minimum atomic E-state index is -0.214. The Labute approximate surface area is 162 Å². The zero-order valence-corrected chi connectivity index (χ0v) is 15.5. The van der Waals surface area contributed by atoms with Crippen LogP contribution in [-0.4, -0.2) is 36.4 Å². The zero-order valence-electron chi connectivity index (χ0n) is 14.7. The van der Waals surface area contributed by atoms with Crippen LogP contribution in [-0.2, 0) is 17.0 Å². The van der Waals surface area contributed by atoms with Crippen molar-refractivity contribution in [1.29, 1.82) is 0 Å². The Morgan fingerprint density at radius 3 is 3.00 bits per heavy atom. The van der Waals surface area contributed by atoms with Crippen molar-refractivity contribution < 1.29 is 18.3 Å². The summed E-state index contributed by atoms with van der Waals surface area (Å²) in [6.07, 6.45) is 2.08. The van der Waals surface area contributed by atoms with Crippen molar-refractivity contribution in [2.24, 2.45) is 0 Å². The predicted octanol–water partition coefficient (Wildman–Crippen LogP) is 2.61. The minimum Gasteiger partial charge on any atom is -0.461 e. The van der Waals surface area contributed by atoms with Gasteiger partial charge in [0, 0.05) is 18.9 Å². The third kappa shape index (κ3) is 4.46. The van der Waals surface area contributed by atoms with Crippen LogP contribution >= 0.6 is 11.8 Å². The van der Waals surface area contributed by atoms with Gasteiger partial charge in [0.05, 0.1) is 12.0 Å². The van der Waals surface area contributed by atoms with Gasteiger partial charge < -0.3 is 18.8 Å². The summed E-state index contributed by atoms with van der Waals surface area (Å²) in [5.74, 6) is 3.26. The van der Waals surface area contributed by atoms with Crippen molar-refractivity contribution in [3.05, 3.63) is 41.9 Å². The lowest BCUT2D eigenvalue weighted by atomic mass is 10.3. The Bertz CT molecular complexity index is 1050. The molecular weight excluding hydrogens is 386 g/mol. The SMILES string of the molecule is Cc1cc(NC(=O)CCc2nc(CSc3n[nH]c(-c4ccco4)n3)no2)no1. The number of carbonyl (C=O) groups excluding carboxylic acids is 1. The number of thioether (sulfide) groups is 1. The molecule has 28 heavy (non-hydrogen) atoms. The van der Waals surface area contributed by atoms with Gasteiger partial charge in [0.25, 0.3) is 0 Å². The van der Waals surface area contributed by atoms with Crippen LogP contribution in [0.15, 0.2) is 43.1 Å². The summed E-state index contributed by atoms with van der Waals surface area (Å²) in [7, 11) is 0. The highest BCUT2D eigenvalue weighted by Crippen LogP contribution is 2.21. The Balaban J connectivity index is 1.24. The van der Waals surface area contributed by atoms with E-state index >= 15 is 0 Å². The van der Waals surface area contributed by atoms with Gasteiger partial charge in [0.15, 0.2) is 23.2 Å². The molecule has 0 fully saturated rings. The average molecular weight is 401 g/mol. The fraction of sp³-hybridized carbons (Fsp3) is 0.250. The molecule has 0 saturated heterocycles. The molecule has 12 heteroatoms. The number of aryl methyl sites for hydroxylation is 2. The van der Waals surface area contributed by atoms with Crippen molar-refractivity contribution in [3.63, 3.8) is 0 Å².